The molecule has 1 saturated carbocycles. The first-order chi connectivity index (χ1) is 18.9. The van der Waals surface area contributed by atoms with Gasteiger partial charge in [0.1, 0.15) is 23.3 Å². The molecule has 0 unspecified atom stereocenters. The predicted octanol–water partition coefficient (Wildman–Crippen LogP) is 5.91. The van der Waals surface area contributed by atoms with Crippen molar-refractivity contribution in [1.29, 1.82) is 0 Å². The molecule has 39 heavy (non-hydrogen) atoms. The molecule has 1 aliphatic carbocycles. The molecule has 0 bridgehead atoms. The van der Waals surface area contributed by atoms with E-state index in [0.717, 1.165) is 18.6 Å². The number of rotatable bonds is 10. The molecule has 2 aromatic heterocycles. The molecule has 4 aromatic rings. The van der Waals surface area contributed by atoms with Crippen LogP contribution in [0.2, 0.25) is 0 Å². The van der Waals surface area contributed by atoms with E-state index in [9.17, 15) is 4.79 Å². The van der Waals surface area contributed by atoms with Crippen LogP contribution in [0.3, 0.4) is 0 Å². The van der Waals surface area contributed by atoms with Gasteiger partial charge in [-0.15, -0.1) is 10.2 Å². The fourth-order valence-electron chi connectivity index (χ4n) is 5.09. The Morgan fingerprint density at radius 1 is 0.974 bits per heavy atom. The lowest BCUT2D eigenvalue weighted by atomic mass is 9.70. The number of nitrogens with zero attached hydrogens (tertiary/aromatic N) is 4. The second-order valence-corrected chi connectivity index (χ2v) is 9.69. The Morgan fingerprint density at radius 3 is 2.13 bits per heavy atom. The molecule has 0 saturated heterocycles. The maximum absolute atomic E-state index is 10.8. The van der Waals surface area contributed by atoms with Gasteiger partial charge in [-0.1, -0.05) is 43.3 Å². The summed E-state index contributed by atoms with van der Waals surface area (Å²) in [5, 5.41) is 23.4. The van der Waals surface area contributed by atoms with E-state index < -0.39 is 6.09 Å². The summed E-state index contributed by atoms with van der Waals surface area (Å²) in [5.41, 5.74) is 2.76. The van der Waals surface area contributed by atoms with E-state index in [1.807, 2.05) is 24.3 Å². The summed E-state index contributed by atoms with van der Waals surface area (Å²) in [7, 11) is 0. The van der Waals surface area contributed by atoms with Gasteiger partial charge in [0.15, 0.2) is 0 Å². The van der Waals surface area contributed by atoms with Crippen molar-refractivity contribution in [3.8, 4) is 28.9 Å². The maximum atomic E-state index is 10.8. The van der Waals surface area contributed by atoms with Crippen LogP contribution in [-0.2, 0) is 5.41 Å². The van der Waals surface area contributed by atoms with Gasteiger partial charge in [-0.2, -0.15) is 4.98 Å². The molecule has 2 N–H and O–H groups in total. The summed E-state index contributed by atoms with van der Waals surface area (Å²) < 4.78 is 16.9. The fourth-order valence-corrected chi connectivity index (χ4v) is 5.09. The Labute approximate surface area is 226 Å². The summed E-state index contributed by atoms with van der Waals surface area (Å²) >= 11 is 0. The summed E-state index contributed by atoms with van der Waals surface area (Å²) in [4.78, 5) is 14.9. The third-order valence-corrected chi connectivity index (χ3v) is 7.37. The van der Waals surface area contributed by atoms with Crippen molar-refractivity contribution in [1.82, 2.24) is 25.7 Å². The van der Waals surface area contributed by atoms with Crippen molar-refractivity contribution < 1.29 is 23.9 Å². The minimum Gasteiger partial charge on any atom is -0.490 e. The number of aryl methyl sites for hydroxylation is 1. The normalized spacial score (nSPS) is 16.8. The van der Waals surface area contributed by atoms with Crippen molar-refractivity contribution in [2.75, 3.05) is 0 Å². The van der Waals surface area contributed by atoms with Crippen molar-refractivity contribution in [3.05, 3.63) is 77.7 Å². The molecular weight excluding hydrogens is 498 g/mol. The zero-order valence-electron chi connectivity index (χ0n) is 22.1. The van der Waals surface area contributed by atoms with Crippen LogP contribution >= 0.6 is 0 Å². The second-order valence-electron chi connectivity index (χ2n) is 9.69. The minimum absolute atomic E-state index is 0.0287. The highest BCUT2D eigenvalue weighted by Gasteiger charge is 2.33. The largest absolute Gasteiger partial charge is 0.490 e. The Morgan fingerprint density at radius 2 is 1.62 bits per heavy atom. The Balaban J connectivity index is 1.25. The molecule has 5 rings (SSSR count). The van der Waals surface area contributed by atoms with Crippen LogP contribution in [0.5, 0.6) is 17.4 Å². The number of ether oxygens (including phenoxy) is 2. The number of carbonyl (C=O) groups is 1. The molecule has 10 heteroatoms. The van der Waals surface area contributed by atoms with Gasteiger partial charge in [0.2, 0.25) is 17.6 Å². The van der Waals surface area contributed by atoms with Crippen molar-refractivity contribution in [2.45, 2.75) is 64.0 Å². The zero-order chi connectivity index (χ0) is 27.4. The van der Waals surface area contributed by atoms with Crippen molar-refractivity contribution in [3.63, 3.8) is 0 Å². The molecule has 202 valence electrons. The zero-order valence-corrected chi connectivity index (χ0v) is 22.1. The summed E-state index contributed by atoms with van der Waals surface area (Å²) in [6, 6.07) is 19.8. The van der Waals surface area contributed by atoms with Crippen LogP contribution in [0.1, 0.15) is 56.5 Å². The molecule has 1 fully saturated rings. The molecule has 10 nitrogen and oxygen atoms in total. The topological polar surface area (TPSA) is 132 Å². The highest BCUT2D eigenvalue weighted by atomic mass is 16.5. The predicted molar refractivity (Wildman–Crippen MR) is 143 cm³/mol. The minimum atomic E-state index is -0.989. The van der Waals surface area contributed by atoms with E-state index in [1.165, 1.54) is 11.1 Å². The van der Waals surface area contributed by atoms with Crippen LogP contribution in [0, 0.1) is 6.92 Å². The maximum Gasteiger partial charge on any atom is 0.404 e. The molecule has 2 heterocycles. The summed E-state index contributed by atoms with van der Waals surface area (Å²) in [6.07, 6.45) is 2.27. The fraction of sp³-hybridized carbons (Fsp3) is 0.345. The Kier molecular flexibility index (Phi) is 7.44. The van der Waals surface area contributed by atoms with Gasteiger partial charge in [-0.05, 0) is 54.3 Å². The van der Waals surface area contributed by atoms with E-state index in [1.54, 1.807) is 19.1 Å². The van der Waals surface area contributed by atoms with Crippen molar-refractivity contribution in [2.24, 2.45) is 0 Å². The third kappa shape index (κ3) is 5.69. The van der Waals surface area contributed by atoms with E-state index in [4.69, 9.17) is 19.1 Å². The molecule has 1 aliphatic rings. The number of amides is 1. The van der Waals surface area contributed by atoms with Crippen LogP contribution in [0.4, 0.5) is 4.79 Å². The quantitative estimate of drug-likeness (QED) is 0.257. The number of hydrogen-bond donors (Lipinski definition) is 2. The summed E-state index contributed by atoms with van der Waals surface area (Å²) in [5.74, 6) is 2.68. The van der Waals surface area contributed by atoms with E-state index in [-0.39, 0.29) is 17.6 Å². The lowest BCUT2D eigenvalue weighted by Crippen LogP contribution is -2.48. The van der Waals surface area contributed by atoms with Gasteiger partial charge in [0, 0.05) is 37.3 Å². The molecule has 2 aromatic carbocycles. The monoisotopic (exact) mass is 529 g/mol. The first-order valence-electron chi connectivity index (χ1n) is 13.1. The molecule has 0 spiro atoms. The summed E-state index contributed by atoms with van der Waals surface area (Å²) in [6.45, 7) is 6.12. The number of benzene rings is 2. The lowest BCUT2D eigenvalue weighted by molar-refractivity contribution is 0.0833. The van der Waals surface area contributed by atoms with Crippen LogP contribution in [0.15, 0.2) is 65.2 Å². The van der Waals surface area contributed by atoms with Gasteiger partial charge < -0.3 is 24.4 Å². The Bertz CT molecular complexity index is 1390. The first-order valence-corrected chi connectivity index (χ1v) is 13.1. The highest BCUT2D eigenvalue weighted by Crippen LogP contribution is 2.40. The second kappa shape index (κ2) is 11.1. The standard InChI is InChI=1S/C29H31N5O5/c1-4-29(5-2,19-6-10-22(11-7-19)37-24-16-21(17-24)31-28(35)36)20-8-12-23(13-9-20)38-26-15-14-25(32-33-26)27-30-18(3)39-34-27/h6-15,21,24,31H,4-5,16-17H2,1-3H3,(H,35,36)/t21-,24+. The molecule has 0 aliphatic heterocycles. The first kappa shape index (κ1) is 26.1. The number of carboxylic acid groups (broad SMARTS) is 1. The van der Waals surface area contributed by atoms with Gasteiger partial charge in [-0.3, -0.25) is 0 Å². The molecule has 0 atom stereocenters. The molecule has 0 radical (unpaired) electrons. The lowest BCUT2D eigenvalue weighted by Gasteiger charge is -2.35. The van der Waals surface area contributed by atoms with Crippen LogP contribution < -0.4 is 14.8 Å². The van der Waals surface area contributed by atoms with E-state index in [2.05, 4.69) is 63.8 Å². The van der Waals surface area contributed by atoms with Gasteiger partial charge in [0.05, 0.1) is 0 Å². The van der Waals surface area contributed by atoms with Crippen LogP contribution in [-0.4, -0.2) is 43.7 Å². The average molecular weight is 530 g/mol. The Hall–Kier alpha value is -4.47. The average Bonchev–Trinajstić information content (AvgIpc) is 3.36. The van der Waals surface area contributed by atoms with Gasteiger partial charge >= 0.3 is 6.09 Å². The number of nitrogens with one attached hydrogen (secondary N) is 1. The highest BCUT2D eigenvalue weighted by molar-refractivity contribution is 5.65. The SMILES string of the molecule is CCC(CC)(c1ccc(Oc2ccc(-c3noc(C)n3)nn2)cc1)c1ccc(O[C@H]2C[C@@H](NC(=O)O)C2)cc1. The van der Waals surface area contributed by atoms with Gasteiger partial charge in [0.25, 0.3) is 0 Å². The van der Waals surface area contributed by atoms with Crippen LogP contribution in [0.25, 0.3) is 11.5 Å². The van der Waals surface area contributed by atoms with E-state index in [0.29, 0.717) is 41.9 Å². The number of hydrogen-bond acceptors (Lipinski definition) is 8. The third-order valence-electron chi connectivity index (χ3n) is 7.37. The van der Waals surface area contributed by atoms with E-state index >= 15 is 0 Å². The smallest absolute Gasteiger partial charge is 0.404 e. The van der Waals surface area contributed by atoms with Crippen molar-refractivity contribution >= 4 is 6.09 Å². The molecule has 1 amide bonds. The number of aromatic nitrogens is 4. The van der Waals surface area contributed by atoms with Gasteiger partial charge in [-0.25, -0.2) is 4.79 Å². The molecular formula is C29H31N5O5.